The monoisotopic (exact) mass is 276 g/mol. The van der Waals surface area contributed by atoms with E-state index in [2.05, 4.69) is 10.6 Å². The molecule has 0 aromatic heterocycles. The lowest BCUT2D eigenvalue weighted by molar-refractivity contribution is -0.124. The Morgan fingerprint density at radius 1 is 1.20 bits per heavy atom. The van der Waals surface area contributed by atoms with Crippen LogP contribution in [0.25, 0.3) is 0 Å². The third-order valence-electron chi connectivity index (χ3n) is 3.85. The molecule has 0 spiro atoms. The molecule has 20 heavy (non-hydrogen) atoms. The van der Waals surface area contributed by atoms with E-state index in [0.29, 0.717) is 19.6 Å². The molecule has 0 aliphatic heterocycles. The van der Waals surface area contributed by atoms with Crippen LogP contribution < -0.4 is 10.6 Å². The van der Waals surface area contributed by atoms with Crippen LogP contribution in [0.3, 0.4) is 0 Å². The van der Waals surface area contributed by atoms with Crippen LogP contribution in [0.5, 0.6) is 0 Å². The molecule has 4 heteroatoms. The highest BCUT2D eigenvalue weighted by Gasteiger charge is 2.21. The van der Waals surface area contributed by atoms with Crippen LogP contribution in [0.1, 0.15) is 37.4 Å². The summed E-state index contributed by atoms with van der Waals surface area (Å²) in [5, 5.41) is 16.1. The molecule has 1 aromatic carbocycles. The fourth-order valence-corrected chi connectivity index (χ4v) is 2.64. The lowest BCUT2D eigenvalue weighted by Crippen LogP contribution is -2.36. The normalized spacial score (nSPS) is 17.1. The molecule has 0 saturated heterocycles. The van der Waals surface area contributed by atoms with Gasteiger partial charge in [-0.25, -0.2) is 0 Å². The van der Waals surface area contributed by atoms with Crippen LogP contribution in [-0.4, -0.2) is 30.6 Å². The minimum atomic E-state index is -0.498. The van der Waals surface area contributed by atoms with Gasteiger partial charge in [-0.3, -0.25) is 4.79 Å². The SMILES string of the molecule is O=C(NCCNC[C@H](O)c1ccccc1)C1CCCC1. The maximum absolute atomic E-state index is 11.8. The summed E-state index contributed by atoms with van der Waals surface area (Å²) in [5.41, 5.74) is 0.912. The number of rotatable bonds is 7. The van der Waals surface area contributed by atoms with Crippen LogP contribution in [0.2, 0.25) is 0 Å². The summed E-state index contributed by atoms with van der Waals surface area (Å²) in [6, 6.07) is 9.59. The predicted molar refractivity (Wildman–Crippen MR) is 79.2 cm³/mol. The van der Waals surface area contributed by atoms with E-state index in [0.717, 1.165) is 18.4 Å². The first-order chi connectivity index (χ1) is 9.77. The van der Waals surface area contributed by atoms with Gasteiger partial charge < -0.3 is 15.7 Å². The number of amides is 1. The molecule has 1 aromatic rings. The third kappa shape index (κ3) is 4.62. The van der Waals surface area contributed by atoms with E-state index in [9.17, 15) is 9.90 Å². The molecule has 0 heterocycles. The van der Waals surface area contributed by atoms with Gasteiger partial charge in [0.25, 0.3) is 0 Å². The number of hydrogen-bond acceptors (Lipinski definition) is 3. The maximum atomic E-state index is 11.8. The summed E-state index contributed by atoms with van der Waals surface area (Å²) in [4.78, 5) is 11.8. The minimum Gasteiger partial charge on any atom is -0.387 e. The van der Waals surface area contributed by atoms with Crippen molar-refractivity contribution in [2.75, 3.05) is 19.6 Å². The number of nitrogens with one attached hydrogen (secondary N) is 2. The summed E-state index contributed by atoms with van der Waals surface area (Å²) < 4.78 is 0. The second-order valence-corrected chi connectivity index (χ2v) is 5.40. The Bertz CT molecular complexity index is 402. The molecular weight excluding hydrogens is 252 g/mol. The summed E-state index contributed by atoms with van der Waals surface area (Å²) in [7, 11) is 0. The highest BCUT2D eigenvalue weighted by atomic mass is 16.3. The average molecular weight is 276 g/mol. The first kappa shape index (κ1) is 15.0. The topological polar surface area (TPSA) is 61.4 Å². The van der Waals surface area contributed by atoms with Crippen LogP contribution in [0, 0.1) is 5.92 Å². The summed E-state index contributed by atoms with van der Waals surface area (Å²) in [6.45, 7) is 1.81. The number of aliphatic hydroxyl groups excluding tert-OH is 1. The molecule has 0 radical (unpaired) electrons. The van der Waals surface area contributed by atoms with Crippen molar-refractivity contribution in [3.8, 4) is 0 Å². The lowest BCUT2D eigenvalue weighted by atomic mass is 10.1. The van der Waals surface area contributed by atoms with E-state index in [1.54, 1.807) is 0 Å². The van der Waals surface area contributed by atoms with Crippen molar-refractivity contribution in [3.05, 3.63) is 35.9 Å². The number of benzene rings is 1. The molecule has 110 valence electrons. The molecule has 1 aliphatic rings. The molecule has 1 amide bonds. The van der Waals surface area contributed by atoms with E-state index in [4.69, 9.17) is 0 Å². The van der Waals surface area contributed by atoms with Crippen molar-refractivity contribution in [1.82, 2.24) is 10.6 Å². The summed E-state index contributed by atoms with van der Waals surface area (Å²) in [5.74, 6) is 0.415. The fraction of sp³-hybridized carbons (Fsp3) is 0.562. The van der Waals surface area contributed by atoms with Gasteiger partial charge in [0, 0.05) is 25.6 Å². The summed E-state index contributed by atoms with van der Waals surface area (Å²) >= 11 is 0. The lowest BCUT2D eigenvalue weighted by Gasteiger charge is -2.13. The highest BCUT2D eigenvalue weighted by molar-refractivity contribution is 5.78. The molecule has 2 rings (SSSR count). The fourth-order valence-electron chi connectivity index (χ4n) is 2.64. The van der Waals surface area contributed by atoms with E-state index >= 15 is 0 Å². The van der Waals surface area contributed by atoms with Gasteiger partial charge in [0.05, 0.1) is 6.10 Å². The second kappa shape index (κ2) is 8.02. The van der Waals surface area contributed by atoms with Gasteiger partial charge in [0.15, 0.2) is 0 Å². The zero-order chi connectivity index (χ0) is 14.2. The van der Waals surface area contributed by atoms with Crippen molar-refractivity contribution in [1.29, 1.82) is 0 Å². The van der Waals surface area contributed by atoms with E-state index in [-0.39, 0.29) is 11.8 Å². The predicted octanol–water partition coefficient (Wildman–Crippen LogP) is 1.62. The van der Waals surface area contributed by atoms with Gasteiger partial charge in [-0.2, -0.15) is 0 Å². The molecule has 1 atom stereocenters. The van der Waals surface area contributed by atoms with Crippen LogP contribution in [-0.2, 0) is 4.79 Å². The van der Waals surface area contributed by atoms with Crippen molar-refractivity contribution >= 4 is 5.91 Å². The van der Waals surface area contributed by atoms with E-state index < -0.39 is 6.10 Å². The molecule has 4 nitrogen and oxygen atoms in total. The van der Waals surface area contributed by atoms with E-state index in [1.807, 2.05) is 30.3 Å². The van der Waals surface area contributed by atoms with Gasteiger partial charge in [-0.15, -0.1) is 0 Å². The Morgan fingerprint density at radius 3 is 2.60 bits per heavy atom. The Balaban J connectivity index is 1.56. The van der Waals surface area contributed by atoms with Gasteiger partial charge >= 0.3 is 0 Å². The Labute approximate surface area is 120 Å². The van der Waals surface area contributed by atoms with Gasteiger partial charge in [0.1, 0.15) is 0 Å². The average Bonchev–Trinajstić information content (AvgIpc) is 3.01. The van der Waals surface area contributed by atoms with Gasteiger partial charge in [-0.05, 0) is 18.4 Å². The van der Waals surface area contributed by atoms with Crippen molar-refractivity contribution in [2.24, 2.45) is 5.92 Å². The molecule has 0 unspecified atom stereocenters. The molecule has 1 aliphatic carbocycles. The Hall–Kier alpha value is -1.39. The second-order valence-electron chi connectivity index (χ2n) is 5.40. The molecule has 0 bridgehead atoms. The first-order valence-electron chi connectivity index (χ1n) is 7.49. The summed E-state index contributed by atoms with van der Waals surface area (Å²) in [6.07, 6.45) is 3.93. The highest BCUT2D eigenvalue weighted by Crippen LogP contribution is 2.24. The number of carbonyl (C=O) groups is 1. The van der Waals surface area contributed by atoms with Crippen LogP contribution in [0.15, 0.2) is 30.3 Å². The standard InChI is InChI=1S/C16H24N2O2/c19-15(13-6-2-1-3-7-13)12-17-10-11-18-16(20)14-8-4-5-9-14/h1-3,6-7,14-15,17,19H,4-5,8-12H2,(H,18,20)/t15-/m0/s1. The maximum Gasteiger partial charge on any atom is 0.223 e. The largest absolute Gasteiger partial charge is 0.387 e. The quantitative estimate of drug-likeness (QED) is 0.663. The molecule has 1 fully saturated rings. The minimum absolute atomic E-state index is 0.188. The molecular formula is C16H24N2O2. The zero-order valence-corrected chi connectivity index (χ0v) is 11.8. The molecule has 3 N–H and O–H groups in total. The Morgan fingerprint density at radius 2 is 1.90 bits per heavy atom. The Kier molecular flexibility index (Phi) is 6.02. The number of carbonyl (C=O) groups excluding carboxylic acids is 1. The van der Waals surface area contributed by atoms with Crippen LogP contribution in [0.4, 0.5) is 0 Å². The third-order valence-corrected chi connectivity index (χ3v) is 3.85. The number of aliphatic hydroxyl groups is 1. The zero-order valence-electron chi connectivity index (χ0n) is 11.8. The van der Waals surface area contributed by atoms with E-state index in [1.165, 1.54) is 12.8 Å². The van der Waals surface area contributed by atoms with Crippen molar-refractivity contribution in [3.63, 3.8) is 0 Å². The van der Waals surface area contributed by atoms with Crippen LogP contribution >= 0.6 is 0 Å². The first-order valence-corrected chi connectivity index (χ1v) is 7.49. The number of hydrogen-bond donors (Lipinski definition) is 3. The van der Waals surface area contributed by atoms with Crippen molar-refractivity contribution < 1.29 is 9.90 Å². The smallest absolute Gasteiger partial charge is 0.223 e. The van der Waals surface area contributed by atoms with Gasteiger partial charge in [-0.1, -0.05) is 43.2 Å². The molecule has 1 saturated carbocycles. The van der Waals surface area contributed by atoms with Gasteiger partial charge in [0.2, 0.25) is 5.91 Å². The van der Waals surface area contributed by atoms with Crippen molar-refractivity contribution in [2.45, 2.75) is 31.8 Å².